The van der Waals surface area contributed by atoms with Gasteiger partial charge in [0.1, 0.15) is 11.5 Å². The molecule has 4 heteroatoms. The van der Waals surface area contributed by atoms with Crippen molar-refractivity contribution >= 4 is 11.6 Å². The molecular weight excluding hydrogens is 262 g/mol. The normalized spacial score (nSPS) is 17.9. The highest BCUT2D eigenvalue weighted by Crippen LogP contribution is 2.40. The van der Waals surface area contributed by atoms with Gasteiger partial charge in [-0.1, -0.05) is 19.9 Å². The average molecular weight is 278 g/mol. The number of halogens is 1. The molecule has 0 saturated heterocycles. The molecule has 3 nitrogen and oxygen atoms in total. The Bertz CT molecular complexity index is 618. The number of hydrogen-bond acceptors (Lipinski definition) is 3. The van der Waals surface area contributed by atoms with Crippen LogP contribution in [-0.2, 0) is 5.41 Å². The van der Waals surface area contributed by atoms with Gasteiger partial charge in [-0.15, -0.1) is 0 Å². The van der Waals surface area contributed by atoms with Crippen LogP contribution in [0, 0.1) is 0 Å². The van der Waals surface area contributed by atoms with Crippen molar-refractivity contribution in [2.45, 2.75) is 25.3 Å². The number of benzene rings is 1. The fraction of sp³-hybridized carbons (Fsp3) is 0.333. The van der Waals surface area contributed by atoms with Crippen molar-refractivity contribution in [1.82, 2.24) is 0 Å². The van der Waals surface area contributed by atoms with Gasteiger partial charge in [0.2, 0.25) is 0 Å². The molecule has 1 aliphatic heterocycles. The van der Waals surface area contributed by atoms with Crippen LogP contribution in [0.15, 0.2) is 34.7 Å². The van der Waals surface area contributed by atoms with E-state index in [4.69, 9.17) is 26.5 Å². The molecule has 2 aromatic rings. The summed E-state index contributed by atoms with van der Waals surface area (Å²) in [7, 11) is 0. The standard InChI is InChI=1S/C15H16ClNO2/c1-15(2)8-18-11-4-3-9(7-10(11)15)14(17)12-5-6-13(16)19-12/h3-7,14H,8,17H2,1-2H3. The molecule has 0 radical (unpaired) electrons. The molecule has 0 spiro atoms. The topological polar surface area (TPSA) is 48.4 Å². The van der Waals surface area contributed by atoms with Gasteiger partial charge in [-0.3, -0.25) is 0 Å². The molecule has 19 heavy (non-hydrogen) atoms. The molecule has 0 saturated carbocycles. The Hall–Kier alpha value is -1.45. The van der Waals surface area contributed by atoms with Crippen molar-refractivity contribution in [3.63, 3.8) is 0 Å². The summed E-state index contributed by atoms with van der Waals surface area (Å²) in [5.41, 5.74) is 8.43. The summed E-state index contributed by atoms with van der Waals surface area (Å²) in [6, 6.07) is 9.25. The zero-order valence-electron chi connectivity index (χ0n) is 10.9. The Morgan fingerprint density at radius 1 is 1.26 bits per heavy atom. The molecular formula is C15H16ClNO2. The van der Waals surface area contributed by atoms with E-state index in [0.717, 1.165) is 11.3 Å². The Kier molecular flexibility index (Phi) is 2.84. The lowest BCUT2D eigenvalue weighted by Crippen LogP contribution is -2.19. The molecule has 0 bridgehead atoms. The van der Waals surface area contributed by atoms with Crippen LogP contribution < -0.4 is 10.5 Å². The van der Waals surface area contributed by atoms with Crippen LogP contribution in [0.2, 0.25) is 5.22 Å². The zero-order chi connectivity index (χ0) is 13.6. The van der Waals surface area contributed by atoms with E-state index in [1.165, 1.54) is 5.56 Å². The SMILES string of the molecule is CC1(C)COc2ccc(C(N)c3ccc(Cl)o3)cc21. The minimum atomic E-state index is -0.311. The van der Waals surface area contributed by atoms with Crippen LogP contribution in [0.3, 0.4) is 0 Å². The molecule has 1 unspecified atom stereocenters. The minimum Gasteiger partial charge on any atom is -0.492 e. The largest absolute Gasteiger partial charge is 0.492 e. The van der Waals surface area contributed by atoms with Gasteiger partial charge in [-0.05, 0) is 41.4 Å². The van der Waals surface area contributed by atoms with Crippen molar-refractivity contribution < 1.29 is 9.15 Å². The van der Waals surface area contributed by atoms with Gasteiger partial charge in [0.15, 0.2) is 5.22 Å². The molecule has 0 fully saturated rings. The molecule has 1 aromatic heterocycles. The summed E-state index contributed by atoms with van der Waals surface area (Å²) in [5.74, 6) is 1.61. The van der Waals surface area contributed by atoms with Gasteiger partial charge in [0, 0.05) is 11.0 Å². The van der Waals surface area contributed by atoms with Gasteiger partial charge in [0.25, 0.3) is 0 Å². The maximum absolute atomic E-state index is 6.22. The number of hydrogen-bond donors (Lipinski definition) is 1. The number of furan rings is 1. The van der Waals surface area contributed by atoms with Gasteiger partial charge in [-0.2, -0.15) is 0 Å². The van der Waals surface area contributed by atoms with E-state index >= 15 is 0 Å². The van der Waals surface area contributed by atoms with Gasteiger partial charge in [-0.25, -0.2) is 0 Å². The molecule has 2 N–H and O–H groups in total. The summed E-state index contributed by atoms with van der Waals surface area (Å²) in [5, 5.41) is 0.357. The van der Waals surface area contributed by atoms with Crippen molar-refractivity contribution in [2.24, 2.45) is 5.73 Å². The van der Waals surface area contributed by atoms with E-state index in [2.05, 4.69) is 19.9 Å². The third kappa shape index (κ3) is 2.13. The minimum absolute atomic E-state index is 0.0197. The lowest BCUT2D eigenvalue weighted by molar-refractivity contribution is 0.291. The molecule has 100 valence electrons. The smallest absolute Gasteiger partial charge is 0.193 e. The monoisotopic (exact) mass is 277 g/mol. The van der Waals surface area contributed by atoms with Gasteiger partial charge < -0.3 is 14.9 Å². The summed E-state index contributed by atoms with van der Waals surface area (Å²) in [6.45, 7) is 5.03. The maximum atomic E-state index is 6.22. The number of ether oxygens (including phenoxy) is 1. The Morgan fingerprint density at radius 3 is 2.74 bits per heavy atom. The fourth-order valence-electron chi connectivity index (χ4n) is 2.39. The van der Waals surface area contributed by atoms with Crippen LogP contribution in [-0.4, -0.2) is 6.61 Å². The first-order valence-corrected chi connectivity index (χ1v) is 6.63. The Balaban J connectivity index is 1.99. The molecule has 1 aromatic carbocycles. The van der Waals surface area contributed by atoms with Crippen LogP contribution in [0.4, 0.5) is 0 Å². The highest BCUT2D eigenvalue weighted by molar-refractivity contribution is 6.28. The first-order valence-electron chi connectivity index (χ1n) is 6.25. The third-order valence-electron chi connectivity index (χ3n) is 3.58. The molecule has 0 amide bonds. The van der Waals surface area contributed by atoms with E-state index in [9.17, 15) is 0 Å². The van der Waals surface area contributed by atoms with Crippen molar-refractivity contribution in [2.75, 3.05) is 6.61 Å². The van der Waals surface area contributed by atoms with Crippen LogP contribution >= 0.6 is 11.6 Å². The maximum Gasteiger partial charge on any atom is 0.193 e. The predicted molar refractivity (Wildman–Crippen MR) is 74.7 cm³/mol. The molecule has 1 aliphatic rings. The van der Waals surface area contributed by atoms with E-state index in [-0.39, 0.29) is 11.5 Å². The van der Waals surface area contributed by atoms with Gasteiger partial charge in [0.05, 0.1) is 12.6 Å². The summed E-state index contributed by atoms with van der Waals surface area (Å²) < 4.78 is 11.1. The number of fused-ring (bicyclic) bond motifs is 1. The number of rotatable bonds is 2. The second-order valence-electron chi connectivity index (χ2n) is 5.55. The van der Waals surface area contributed by atoms with E-state index in [1.54, 1.807) is 6.07 Å². The van der Waals surface area contributed by atoms with Crippen molar-refractivity contribution in [3.8, 4) is 5.75 Å². The third-order valence-corrected chi connectivity index (χ3v) is 3.78. The summed E-state index contributed by atoms with van der Waals surface area (Å²) >= 11 is 5.79. The molecule has 1 atom stereocenters. The van der Waals surface area contributed by atoms with E-state index < -0.39 is 0 Å². The second-order valence-corrected chi connectivity index (χ2v) is 5.92. The second kappa shape index (κ2) is 4.29. The van der Waals surface area contributed by atoms with E-state index in [0.29, 0.717) is 17.6 Å². The Morgan fingerprint density at radius 2 is 2.05 bits per heavy atom. The quantitative estimate of drug-likeness (QED) is 0.911. The van der Waals surface area contributed by atoms with Crippen LogP contribution in [0.1, 0.15) is 36.8 Å². The lowest BCUT2D eigenvalue weighted by atomic mass is 9.85. The first kappa shape index (κ1) is 12.6. The highest BCUT2D eigenvalue weighted by Gasteiger charge is 2.32. The molecule has 3 rings (SSSR count). The molecule has 2 heterocycles. The fourth-order valence-corrected chi connectivity index (χ4v) is 2.54. The zero-order valence-corrected chi connectivity index (χ0v) is 11.7. The van der Waals surface area contributed by atoms with Crippen molar-refractivity contribution in [1.29, 1.82) is 0 Å². The van der Waals surface area contributed by atoms with Crippen LogP contribution in [0.25, 0.3) is 0 Å². The number of nitrogens with two attached hydrogens (primary N) is 1. The van der Waals surface area contributed by atoms with E-state index in [1.807, 2.05) is 18.2 Å². The Labute approximate surface area is 117 Å². The van der Waals surface area contributed by atoms with Gasteiger partial charge >= 0.3 is 0 Å². The van der Waals surface area contributed by atoms with Crippen LogP contribution in [0.5, 0.6) is 5.75 Å². The summed E-state index contributed by atoms with van der Waals surface area (Å²) in [4.78, 5) is 0. The highest BCUT2D eigenvalue weighted by atomic mass is 35.5. The molecule has 0 aliphatic carbocycles. The predicted octanol–water partition coefficient (Wildman–Crippen LogP) is 3.65. The first-order chi connectivity index (χ1) is 8.97. The van der Waals surface area contributed by atoms with Crippen molar-refractivity contribution in [3.05, 3.63) is 52.4 Å². The summed E-state index contributed by atoms with van der Waals surface area (Å²) in [6.07, 6.45) is 0. The average Bonchev–Trinajstić information content (AvgIpc) is 2.93. The lowest BCUT2D eigenvalue weighted by Gasteiger charge is -2.17.